The maximum atomic E-state index is 13.3. The molecule has 0 saturated carbocycles. The molecule has 0 bridgehead atoms. The fourth-order valence-corrected chi connectivity index (χ4v) is 4.84. The van der Waals surface area contributed by atoms with Crippen molar-refractivity contribution in [2.24, 2.45) is 5.92 Å². The molecule has 2 aliphatic rings. The molecule has 1 aromatic carbocycles. The number of pyridine rings is 1. The van der Waals surface area contributed by atoms with Crippen molar-refractivity contribution in [3.63, 3.8) is 0 Å². The Hall–Kier alpha value is -2.40. The number of nitrogens with zero attached hydrogens (tertiary/aromatic N) is 3. The number of hydrogen-bond acceptors (Lipinski definition) is 3. The predicted molar refractivity (Wildman–Crippen MR) is 117 cm³/mol. The molecule has 2 fully saturated rings. The van der Waals surface area contributed by atoms with E-state index in [2.05, 4.69) is 0 Å². The lowest BCUT2D eigenvalue weighted by atomic mass is 9.94. The van der Waals surface area contributed by atoms with Gasteiger partial charge in [0.05, 0.1) is 11.7 Å². The Bertz CT molecular complexity index is 924. The summed E-state index contributed by atoms with van der Waals surface area (Å²) in [6.07, 6.45) is 4.13. The molecule has 1 aromatic heterocycles. The number of aromatic nitrogens is 1. The van der Waals surface area contributed by atoms with Gasteiger partial charge in [-0.15, -0.1) is 0 Å². The molecule has 0 N–H and O–H groups in total. The number of rotatable bonds is 4. The zero-order chi connectivity index (χ0) is 21.1. The number of benzene rings is 1. The highest BCUT2D eigenvalue weighted by atomic mass is 35.5. The summed E-state index contributed by atoms with van der Waals surface area (Å²) in [5.41, 5.74) is 2.99. The molecule has 0 radical (unpaired) electrons. The van der Waals surface area contributed by atoms with Crippen molar-refractivity contribution in [3.05, 3.63) is 64.4 Å². The van der Waals surface area contributed by atoms with E-state index in [0.717, 1.165) is 54.2 Å². The fourth-order valence-electron chi connectivity index (χ4n) is 4.63. The molecule has 0 spiro atoms. The minimum atomic E-state index is 0.00695. The van der Waals surface area contributed by atoms with E-state index < -0.39 is 0 Å². The Kier molecular flexibility index (Phi) is 6.38. The first-order valence-electron chi connectivity index (χ1n) is 10.8. The molecular weight excluding hydrogens is 398 g/mol. The van der Waals surface area contributed by atoms with Gasteiger partial charge >= 0.3 is 0 Å². The summed E-state index contributed by atoms with van der Waals surface area (Å²) >= 11 is 6.32. The number of halogens is 1. The van der Waals surface area contributed by atoms with Crippen LogP contribution in [0.3, 0.4) is 0 Å². The lowest BCUT2D eigenvalue weighted by molar-refractivity contribution is -0.140. The van der Waals surface area contributed by atoms with Crippen LogP contribution in [-0.4, -0.2) is 46.2 Å². The average Bonchev–Trinajstić information content (AvgIpc) is 3.25. The predicted octanol–water partition coefficient (Wildman–Crippen LogP) is 4.25. The highest BCUT2D eigenvalue weighted by Crippen LogP contribution is 2.34. The topological polar surface area (TPSA) is 53.5 Å². The molecular formula is C24H28ClN3O2. The van der Waals surface area contributed by atoms with E-state index in [9.17, 15) is 9.59 Å². The van der Waals surface area contributed by atoms with E-state index in [-0.39, 0.29) is 23.8 Å². The molecule has 1 atom stereocenters. The van der Waals surface area contributed by atoms with Crippen LogP contribution >= 0.6 is 11.6 Å². The van der Waals surface area contributed by atoms with Crippen LogP contribution in [0.4, 0.5) is 0 Å². The quantitative estimate of drug-likeness (QED) is 0.735. The standard InChI is InChI=1S/C24H28ClN3O2/c1-17(29)27-14-11-18(12-15-27)24(30)28-13-5-10-23(28)22-9-4-7-20(26-22)16-19-6-2-3-8-21(19)25/h2-4,6-9,18,23H,5,10-16H2,1H3. The third kappa shape index (κ3) is 4.51. The third-order valence-electron chi connectivity index (χ3n) is 6.32. The van der Waals surface area contributed by atoms with Gasteiger partial charge in [-0.2, -0.15) is 0 Å². The van der Waals surface area contributed by atoms with Crippen molar-refractivity contribution in [1.82, 2.24) is 14.8 Å². The van der Waals surface area contributed by atoms with Gasteiger partial charge in [0, 0.05) is 49.6 Å². The number of likely N-dealkylation sites (tertiary alicyclic amines) is 2. The van der Waals surface area contributed by atoms with Crippen molar-refractivity contribution in [2.45, 2.75) is 45.1 Å². The maximum absolute atomic E-state index is 13.3. The number of carbonyl (C=O) groups is 2. The Balaban J connectivity index is 1.46. The van der Waals surface area contributed by atoms with Crippen molar-refractivity contribution < 1.29 is 9.59 Å². The van der Waals surface area contributed by atoms with Gasteiger partial charge in [-0.25, -0.2) is 0 Å². The van der Waals surface area contributed by atoms with E-state index in [1.165, 1.54) is 0 Å². The summed E-state index contributed by atoms with van der Waals surface area (Å²) < 4.78 is 0. The van der Waals surface area contributed by atoms with E-state index in [1.807, 2.05) is 52.3 Å². The van der Waals surface area contributed by atoms with Crippen LogP contribution in [0.5, 0.6) is 0 Å². The van der Waals surface area contributed by atoms with Gasteiger partial charge in [0.25, 0.3) is 0 Å². The highest BCUT2D eigenvalue weighted by Gasteiger charge is 2.36. The summed E-state index contributed by atoms with van der Waals surface area (Å²) in [4.78, 5) is 33.6. The minimum absolute atomic E-state index is 0.00695. The molecule has 6 heteroatoms. The third-order valence-corrected chi connectivity index (χ3v) is 6.69. The monoisotopic (exact) mass is 425 g/mol. The first-order valence-corrected chi connectivity index (χ1v) is 11.2. The number of carbonyl (C=O) groups excluding carboxylic acids is 2. The van der Waals surface area contributed by atoms with Crippen molar-refractivity contribution >= 4 is 23.4 Å². The molecule has 0 aliphatic carbocycles. The normalized spacial score (nSPS) is 19.9. The molecule has 4 rings (SSSR count). The molecule has 1 unspecified atom stereocenters. The SMILES string of the molecule is CC(=O)N1CCC(C(=O)N2CCCC2c2cccc(Cc3ccccc3Cl)n2)CC1. The van der Waals surface area contributed by atoms with Gasteiger partial charge < -0.3 is 9.80 Å². The summed E-state index contributed by atoms with van der Waals surface area (Å²) in [5.74, 6) is 0.325. The van der Waals surface area contributed by atoms with E-state index in [4.69, 9.17) is 16.6 Å². The Labute approximate surface area is 183 Å². The Morgan fingerprint density at radius 2 is 1.80 bits per heavy atom. The van der Waals surface area contributed by atoms with Crippen LogP contribution in [0.15, 0.2) is 42.5 Å². The van der Waals surface area contributed by atoms with Crippen LogP contribution in [0, 0.1) is 5.92 Å². The van der Waals surface area contributed by atoms with Gasteiger partial charge in [-0.05, 0) is 49.4 Å². The van der Waals surface area contributed by atoms with Crippen molar-refractivity contribution in [2.75, 3.05) is 19.6 Å². The second kappa shape index (κ2) is 9.17. The summed E-state index contributed by atoms with van der Waals surface area (Å²) in [6, 6.07) is 14.0. The van der Waals surface area contributed by atoms with Crippen LogP contribution in [-0.2, 0) is 16.0 Å². The number of amides is 2. The van der Waals surface area contributed by atoms with E-state index >= 15 is 0 Å². The molecule has 2 saturated heterocycles. The van der Waals surface area contributed by atoms with Gasteiger partial charge in [-0.1, -0.05) is 35.9 Å². The lowest BCUT2D eigenvalue weighted by Gasteiger charge is -2.34. The van der Waals surface area contributed by atoms with Gasteiger partial charge in [0.15, 0.2) is 0 Å². The highest BCUT2D eigenvalue weighted by molar-refractivity contribution is 6.31. The lowest BCUT2D eigenvalue weighted by Crippen LogP contribution is -2.43. The number of hydrogen-bond donors (Lipinski definition) is 0. The van der Waals surface area contributed by atoms with E-state index in [1.54, 1.807) is 6.92 Å². The van der Waals surface area contributed by atoms with Crippen LogP contribution in [0.2, 0.25) is 5.02 Å². The van der Waals surface area contributed by atoms with Crippen LogP contribution in [0.1, 0.15) is 55.6 Å². The zero-order valence-corrected chi connectivity index (χ0v) is 18.1. The van der Waals surface area contributed by atoms with Gasteiger partial charge in [-0.3, -0.25) is 14.6 Å². The molecule has 2 aliphatic heterocycles. The van der Waals surface area contributed by atoms with Crippen LogP contribution < -0.4 is 0 Å². The Morgan fingerprint density at radius 3 is 2.53 bits per heavy atom. The summed E-state index contributed by atoms with van der Waals surface area (Å²) in [7, 11) is 0. The molecule has 158 valence electrons. The molecule has 3 heterocycles. The van der Waals surface area contributed by atoms with Crippen molar-refractivity contribution in [3.8, 4) is 0 Å². The van der Waals surface area contributed by atoms with Crippen molar-refractivity contribution in [1.29, 1.82) is 0 Å². The van der Waals surface area contributed by atoms with Gasteiger partial charge in [0.1, 0.15) is 0 Å². The maximum Gasteiger partial charge on any atom is 0.226 e. The van der Waals surface area contributed by atoms with Crippen LogP contribution in [0.25, 0.3) is 0 Å². The summed E-state index contributed by atoms with van der Waals surface area (Å²) in [6.45, 7) is 3.73. The largest absolute Gasteiger partial charge is 0.343 e. The van der Waals surface area contributed by atoms with Gasteiger partial charge in [0.2, 0.25) is 11.8 Å². The Morgan fingerprint density at radius 1 is 1.03 bits per heavy atom. The second-order valence-electron chi connectivity index (χ2n) is 8.29. The summed E-state index contributed by atoms with van der Waals surface area (Å²) in [5, 5.41) is 0.749. The molecule has 30 heavy (non-hydrogen) atoms. The molecule has 2 aromatic rings. The molecule has 5 nitrogen and oxygen atoms in total. The second-order valence-corrected chi connectivity index (χ2v) is 8.70. The smallest absolute Gasteiger partial charge is 0.226 e. The molecule has 2 amide bonds. The number of piperidine rings is 1. The first-order chi connectivity index (χ1) is 14.5. The zero-order valence-electron chi connectivity index (χ0n) is 17.4. The average molecular weight is 426 g/mol. The fraction of sp³-hybridized carbons (Fsp3) is 0.458. The first kappa shape index (κ1) is 20.9. The minimum Gasteiger partial charge on any atom is -0.343 e. The van der Waals surface area contributed by atoms with E-state index in [0.29, 0.717) is 19.5 Å².